The largest absolute Gasteiger partial charge is 0.456 e. The molecule has 0 saturated heterocycles. The van der Waals surface area contributed by atoms with E-state index in [9.17, 15) is 1.37 Å². The van der Waals surface area contributed by atoms with E-state index in [-0.39, 0.29) is 40.5 Å². The Morgan fingerprint density at radius 3 is 1.58 bits per heavy atom. The molecule has 0 spiro atoms. The summed E-state index contributed by atoms with van der Waals surface area (Å²) in [7, 11) is 0. The van der Waals surface area contributed by atoms with E-state index in [2.05, 4.69) is 48.5 Å². The van der Waals surface area contributed by atoms with Crippen molar-refractivity contribution in [2.24, 2.45) is 0 Å². The summed E-state index contributed by atoms with van der Waals surface area (Å²) in [6.07, 6.45) is 0. The maximum Gasteiger partial charge on any atom is 0.136 e. The molecule has 0 bridgehead atoms. The third-order valence-corrected chi connectivity index (χ3v) is 8.30. The molecule has 0 aliphatic heterocycles. The summed E-state index contributed by atoms with van der Waals surface area (Å²) in [4.78, 5) is 0. The topological polar surface area (TPSA) is 13.1 Å². The van der Waals surface area contributed by atoms with Gasteiger partial charge in [0.2, 0.25) is 0 Å². The molecule has 200 valence electrons. The van der Waals surface area contributed by atoms with Crippen LogP contribution < -0.4 is 0 Å². The SMILES string of the molecule is [2H]c1c([2H])c([2H])c2c([2H])c(-c3c4ccccc4c(-c4ccc5c(c4)oc4cc(-c6ccccc6)ccc45)c4ccccc34)c([2H])c([2H])c2c1[2H]. The van der Waals surface area contributed by atoms with E-state index in [1.54, 1.807) is 0 Å². The third-order valence-electron chi connectivity index (χ3n) is 8.30. The van der Waals surface area contributed by atoms with E-state index in [0.717, 1.165) is 65.7 Å². The Labute approximate surface area is 259 Å². The molecule has 0 aliphatic carbocycles. The Kier molecular flexibility index (Phi) is 3.95. The maximum absolute atomic E-state index is 9.34. The van der Waals surface area contributed by atoms with Gasteiger partial charge < -0.3 is 4.42 Å². The molecule has 1 heterocycles. The second-order valence-electron chi connectivity index (χ2n) is 10.7. The summed E-state index contributed by atoms with van der Waals surface area (Å²) in [5, 5.41) is 5.15. The molecule has 0 radical (unpaired) electrons. The van der Waals surface area contributed by atoms with E-state index < -0.39 is 18.1 Å². The molecular weight excluding hydrogens is 520 g/mol. The van der Waals surface area contributed by atoms with Gasteiger partial charge in [0.05, 0.1) is 9.60 Å². The molecule has 1 aromatic heterocycles. The van der Waals surface area contributed by atoms with Crippen molar-refractivity contribution in [1.29, 1.82) is 0 Å². The molecule has 43 heavy (non-hydrogen) atoms. The summed E-state index contributed by atoms with van der Waals surface area (Å²) in [5.74, 6) is 0. The molecule has 0 unspecified atom stereocenters. The first-order chi connectivity index (χ1) is 24.2. The van der Waals surface area contributed by atoms with Crippen LogP contribution in [0, 0.1) is 0 Å². The van der Waals surface area contributed by atoms with Gasteiger partial charge in [-0.3, -0.25) is 0 Å². The van der Waals surface area contributed by atoms with Crippen LogP contribution in [0.25, 0.3) is 87.6 Å². The minimum atomic E-state index is -0.485. The van der Waals surface area contributed by atoms with Crippen molar-refractivity contribution in [2.75, 3.05) is 0 Å². The lowest BCUT2D eigenvalue weighted by Gasteiger charge is -2.18. The number of hydrogen-bond donors (Lipinski definition) is 0. The van der Waals surface area contributed by atoms with Gasteiger partial charge >= 0.3 is 0 Å². The fourth-order valence-corrected chi connectivity index (χ4v) is 6.36. The van der Waals surface area contributed by atoms with Gasteiger partial charge in [-0.1, -0.05) is 127 Å². The van der Waals surface area contributed by atoms with Crippen molar-refractivity contribution in [3.05, 3.63) is 158 Å². The highest BCUT2D eigenvalue weighted by atomic mass is 16.3. The van der Waals surface area contributed by atoms with E-state index >= 15 is 0 Å². The van der Waals surface area contributed by atoms with Gasteiger partial charge in [-0.05, 0) is 96.0 Å². The number of fused-ring (bicyclic) bond motifs is 6. The van der Waals surface area contributed by atoms with Crippen molar-refractivity contribution in [3.8, 4) is 33.4 Å². The Hall–Kier alpha value is -5.66. The smallest absolute Gasteiger partial charge is 0.136 e. The maximum atomic E-state index is 9.34. The zero-order chi connectivity index (χ0) is 34.4. The van der Waals surface area contributed by atoms with Gasteiger partial charge in [0, 0.05) is 10.8 Å². The van der Waals surface area contributed by atoms with Gasteiger partial charge in [0.15, 0.2) is 0 Å². The highest BCUT2D eigenvalue weighted by molar-refractivity contribution is 6.22. The van der Waals surface area contributed by atoms with Crippen LogP contribution in [0.15, 0.2) is 162 Å². The summed E-state index contributed by atoms with van der Waals surface area (Å²) >= 11 is 0. The van der Waals surface area contributed by atoms with Crippen molar-refractivity contribution in [3.63, 3.8) is 0 Å². The van der Waals surface area contributed by atoms with Crippen LogP contribution in [0.1, 0.15) is 9.60 Å². The summed E-state index contributed by atoms with van der Waals surface area (Å²) < 4.78 is 67.5. The standard InChI is InChI=1S/C42H26O/c1-2-10-27(11-3-1)30-20-22-33-34-23-21-32(26-40(34)43-39(33)25-30)42-37-16-8-6-14-35(37)41(36-15-7-9-17-38(36)42)31-19-18-28-12-4-5-13-29(28)24-31/h1-26H/i4D,5D,12D,13D,18D,19D,24D. The lowest BCUT2D eigenvalue weighted by atomic mass is 9.85. The minimum Gasteiger partial charge on any atom is -0.456 e. The second-order valence-corrected chi connectivity index (χ2v) is 10.7. The normalized spacial score (nSPS) is 14.0. The van der Waals surface area contributed by atoms with Crippen molar-refractivity contribution in [2.45, 2.75) is 0 Å². The van der Waals surface area contributed by atoms with E-state index in [0.29, 0.717) is 5.56 Å². The van der Waals surface area contributed by atoms with E-state index in [1.807, 2.05) is 66.7 Å². The van der Waals surface area contributed by atoms with Crippen LogP contribution >= 0.6 is 0 Å². The van der Waals surface area contributed by atoms with Crippen LogP contribution in [0.5, 0.6) is 0 Å². The number of benzene rings is 8. The molecule has 0 amide bonds. The van der Waals surface area contributed by atoms with Crippen LogP contribution in [0.4, 0.5) is 0 Å². The number of rotatable bonds is 3. The number of furan rings is 1. The monoisotopic (exact) mass is 553 g/mol. The van der Waals surface area contributed by atoms with Gasteiger partial charge in [-0.2, -0.15) is 0 Å². The predicted octanol–water partition coefficient (Wildman–Crippen LogP) is 12.0. The molecule has 0 saturated carbocycles. The lowest BCUT2D eigenvalue weighted by Crippen LogP contribution is -1.91. The highest BCUT2D eigenvalue weighted by Gasteiger charge is 2.18. The molecular formula is C42H26O. The lowest BCUT2D eigenvalue weighted by molar-refractivity contribution is 0.669. The quantitative estimate of drug-likeness (QED) is 0.198. The molecule has 1 heteroatoms. The molecule has 9 rings (SSSR count). The van der Waals surface area contributed by atoms with Gasteiger partial charge in [0.25, 0.3) is 0 Å². The second kappa shape index (κ2) is 9.44. The molecule has 8 aromatic carbocycles. The predicted molar refractivity (Wildman–Crippen MR) is 183 cm³/mol. The zero-order valence-electron chi connectivity index (χ0n) is 29.9. The molecule has 1 nitrogen and oxygen atoms in total. The van der Waals surface area contributed by atoms with Crippen molar-refractivity contribution in [1.82, 2.24) is 0 Å². The molecule has 0 N–H and O–H groups in total. The third kappa shape index (κ3) is 3.79. The first-order valence-corrected chi connectivity index (χ1v) is 14.2. The average Bonchev–Trinajstić information content (AvgIpc) is 3.51. The molecule has 0 fully saturated rings. The van der Waals surface area contributed by atoms with Crippen molar-refractivity contribution >= 4 is 54.3 Å². The Balaban J connectivity index is 1.33. The first kappa shape index (κ1) is 18.0. The summed E-state index contributed by atoms with van der Waals surface area (Å²) in [5.41, 5.74) is 6.38. The zero-order valence-corrected chi connectivity index (χ0v) is 22.9. The van der Waals surface area contributed by atoms with Crippen LogP contribution in [-0.4, -0.2) is 0 Å². The van der Waals surface area contributed by atoms with Crippen LogP contribution in [0.3, 0.4) is 0 Å². The van der Waals surface area contributed by atoms with Gasteiger partial charge in [-0.15, -0.1) is 0 Å². The Morgan fingerprint density at radius 2 is 0.930 bits per heavy atom. The molecule has 0 atom stereocenters. The molecule has 9 aromatic rings. The Morgan fingerprint density at radius 1 is 0.395 bits per heavy atom. The highest BCUT2D eigenvalue weighted by Crippen LogP contribution is 2.45. The van der Waals surface area contributed by atoms with Crippen molar-refractivity contribution < 1.29 is 14.0 Å². The average molecular weight is 554 g/mol. The summed E-state index contributed by atoms with van der Waals surface area (Å²) in [6.45, 7) is 0. The minimum absolute atomic E-state index is 0.0602. The van der Waals surface area contributed by atoms with Gasteiger partial charge in [-0.25, -0.2) is 0 Å². The number of hydrogen-bond acceptors (Lipinski definition) is 1. The van der Waals surface area contributed by atoms with Crippen LogP contribution in [0.2, 0.25) is 0 Å². The fourth-order valence-electron chi connectivity index (χ4n) is 6.36. The fraction of sp³-hybridized carbons (Fsp3) is 0. The first-order valence-electron chi connectivity index (χ1n) is 17.7. The van der Waals surface area contributed by atoms with E-state index in [1.165, 1.54) is 0 Å². The summed E-state index contributed by atoms with van der Waals surface area (Å²) in [6, 6.07) is 35.8. The van der Waals surface area contributed by atoms with E-state index in [4.69, 9.17) is 12.6 Å². The molecule has 0 aliphatic rings. The van der Waals surface area contributed by atoms with Crippen LogP contribution in [-0.2, 0) is 0 Å². The van der Waals surface area contributed by atoms with Gasteiger partial charge in [0.1, 0.15) is 11.2 Å². The Bertz CT molecular complexity index is 2840.